The summed E-state index contributed by atoms with van der Waals surface area (Å²) in [6.45, 7) is 0. The van der Waals surface area contributed by atoms with Crippen LogP contribution in [-0.4, -0.2) is 37.0 Å². The number of nitro groups is 1. The van der Waals surface area contributed by atoms with Gasteiger partial charge in [-0.25, -0.2) is 0 Å². The molecule has 11 heteroatoms. The summed E-state index contributed by atoms with van der Waals surface area (Å²) in [5.41, 5.74) is 1.29. The Balaban J connectivity index is 1.50. The molecule has 0 amide bonds. The van der Waals surface area contributed by atoms with Crippen LogP contribution in [0, 0.1) is 10.1 Å². The molecule has 0 aliphatic rings. The van der Waals surface area contributed by atoms with Gasteiger partial charge >= 0.3 is 0 Å². The number of hydrogen-bond donors (Lipinski definition) is 0. The third-order valence-corrected chi connectivity index (χ3v) is 5.28. The zero-order valence-electron chi connectivity index (χ0n) is 16.1. The third kappa shape index (κ3) is 3.87. The molecule has 0 spiro atoms. The van der Waals surface area contributed by atoms with Crippen LogP contribution in [0.25, 0.3) is 22.8 Å². The highest BCUT2D eigenvalue weighted by Gasteiger charge is 2.17. The molecule has 2 aromatic carbocycles. The number of aromatic nitrogens is 5. The number of methoxy groups -OCH3 is 1. The summed E-state index contributed by atoms with van der Waals surface area (Å²) in [6.07, 6.45) is 0. The second kappa shape index (κ2) is 8.33. The van der Waals surface area contributed by atoms with Crippen molar-refractivity contribution in [3.8, 4) is 28.6 Å². The minimum absolute atomic E-state index is 0.0374. The minimum Gasteiger partial charge on any atom is -0.496 e. The van der Waals surface area contributed by atoms with E-state index in [9.17, 15) is 10.1 Å². The molecular formula is C19H16N6O4S. The van der Waals surface area contributed by atoms with Crippen molar-refractivity contribution in [2.24, 2.45) is 7.05 Å². The van der Waals surface area contributed by atoms with E-state index in [-0.39, 0.29) is 11.6 Å². The summed E-state index contributed by atoms with van der Waals surface area (Å²) in [4.78, 5) is 10.5. The molecule has 0 bridgehead atoms. The van der Waals surface area contributed by atoms with Gasteiger partial charge in [0, 0.05) is 24.7 Å². The van der Waals surface area contributed by atoms with E-state index in [0.29, 0.717) is 33.9 Å². The Morgan fingerprint density at radius 1 is 1.13 bits per heavy atom. The maximum absolute atomic E-state index is 10.9. The summed E-state index contributed by atoms with van der Waals surface area (Å²) in [7, 11) is 3.48. The molecule has 0 unspecified atom stereocenters. The van der Waals surface area contributed by atoms with Crippen LogP contribution >= 0.6 is 11.8 Å². The molecule has 0 aliphatic heterocycles. The van der Waals surface area contributed by atoms with Gasteiger partial charge in [0.1, 0.15) is 5.75 Å². The molecule has 10 nitrogen and oxygen atoms in total. The molecule has 2 heterocycles. The summed E-state index contributed by atoms with van der Waals surface area (Å²) >= 11 is 1.39. The molecule has 152 valence electrons. The van der Waals surface area contributed by atoms with Gasteiger partial charge < -0.3 is 13.7 Å². The van der Waals surface area contributed by atoms with Crippen molar-refractivity contribution in [2.75, 3.05) is 7.11 Å². The first kappa shape index (κ1) is 19.6. The van der Waals surface area contributed by atoms with Crippen molar-refractivity contribution in [3.63, 3.8) is 0 Å². The number of thioether (sulfide) groups is 1. The molecule has 0 saturated carbocycles. The van der Waals surface area contributed by atoms with E-state index in [1.165, 1.54) is 23.9 Å². The summed E-state index contributed by atoms with van der Waals surface area (Å²) in [5.74, 6) is 2.37. The smallest absolute Gasteiger partial charge is 0.270 e. The van der Waals surface area contributed by atoms with Crippen LogP contribution in [0.4, 0.5) is 5.69 Å². The fourth-order valence-corrected chi connectivity index (χ4v) is 3.56. The lowest BCUT2D eigenvalue weighted by Gasteiger charge is -2.07. The molecule has 30 heavy (non-hydrogen) atoms. The van der Waals surface area contributed by atoms with Crippen molar-refractivity contribution in [2.45, 2.75) is 10.9 Å². The maximum Gasteiger partial charge on any atom is 0.270 e. The standard InChI is InChI=1S/C19H16N6O4S/c1-24-17(14-8-3-4-9-15(14)28-2)21-23-19(24)30-11-16-20-22-18(29-16)12-6-5-7-13(10-12)25(26)27/h3-10H,11H2,1-2H3. The lowest BCUT2D eigenvalue weighted by molar-refractivity contribution is -0.384. The Hall–Kier alpha value is -3.73. The molecule has 0 N–H and O–H groups in total. The van der Waals surface area contributed by atoms with Crippen LogP contribution in [0.5, 0.6) is 5.75 Å². The van der Waals surface area contributed by atoms with Crippen molar-refractivity contribution < 1.29 is 14.1 Å². The van der Waals surface area contributed by atoms with E-state index < -0.39 is 4.92 Å². The number of benzene rings is 2. The number of nitro benzene ring substituents is 1. The van der Waals surface area contributed by atoms with Gasteiger partial charge in [-0.05, 0) is 18.2 Å². The van der Waals surface area contributed by atoms with E-state index in [1.807, 2.05) is 35.9 Å². The second-order valence-corrected chi connectivity index (χ2v) is 7.11. The average Bonchev–Trinajstić information content (AvgIpc) is 3.39. The molecule has 0 saturated heterocycles. The van der Waals surface area contributed by atoms with Gasteiger partial charge in [-0.1, -0.05) is 30.0 Å². The summed E-state index contributed by atoms with van der Waals surface area (Å²) in [6, 6.07) is 13.6. The molecule has 2 aromatic heterocycles. The van der Waals surface area contributed by atoms with Gasteiger partial charge in [0.15, 0.2) is 11.0 Å². The number of rotatable bonds is 7. The van der Waals surface area contributed by atoms with Crippen molar-refractivity contribution >= 4 is 17.4 Å². The van der Waals surface area contributed by atoms with Crippen molar-refractivity contribution in [1.82, 2.24) is 25.0 Å². The Morgan fingerprint density at radius 3 is 2.77 bits per heavy atom. The van der Waals surface area contributed by atoms with Crippen LogP contribution in [0.15, 0.2) is 58.1 Å². The lowest BCUT2D eigenvalue weighted by Crippen LogP contribution is -1.97. The molecule has 4 rings (SSSR count). The van der Waals surface area contributed by atoms with E-state index in [1.54, 1.807) is 19.2 Å². The monoisotopic (exact) mass is 424 g/mol. The zero-order chi connectivity index (χ0) is 21.1. The highest BCUT2D eigenvalue weighted by molar-refractivity contribution is 7.98. The van der Waals surface area contributed by atoms with Crippen LogP contribution in [0.3, 0.4) is 0 Å². The van der Waals surface area contributed by atoms with Gasteiger partial charge in [-0.2, -0.15) is 0 Å². The van der Waals surface area contributed by atoms with Gasteiger partial charge in [0.25, 0.3) is 5.69 Å². The SMILES string of the molecule is COc1ccccc1-c1nnc(SCc2nnc(-c3cccc([N+](=O)[O-])c3)o2)n1C. The quantitative estimate of drug-likeness (QED) is 0.248. The Labute approximate surface area is 175 Å². The third-order valence-electron chi connectivity index (χ3n) is 4.28. The minimum atomic E-state index is -0.468. The predicted octanol–water partition coefficient (Wildman–Crippen LogP) is 3.74. The van der Waals surface area contributed by atoms with Crippen molar-refractivity contribution in [1.29, 1.82) is 0 Å². The number of hydrogen-bond acceptors (Lipinski definition) is 9. The topological polar surface area (TPSA) is 122 Å². The van der Waals surface area contributed by atoms with Crippen LogP contribution in [0.2, 0.25) is 0 Å². The van der Waals surface area contributed by atoms with Crippen LogP contribution in [-0.2, 0) is 12.8 Å². The predicted molar refractivity (Wildman–Crippen MR) is 109 cm³/mol. The van der Waals surface area contributed by atoms with E-state index in [2.05, 4.69) is 20.4 Å². The van der Waals surface area contributed by atoms with Crippen LogP contribution < -0.4 is 4.74 Å². The zero-order valence-corrected chi connectivity index (χ0v) is 16.9. The van der Waals surface area contributed by atoms with E-state index in [0.717, 1.165) is 5.56 Å². The highest BCUT2D eigenvalue weighted by Crippen LogP contribution is 2.31. The molecule has 0 radical (unpaired) electrons. The first-order valence-corrected chi connectivity index (χ1v) is 9.78. The fraction of sp³-hybridized carbons (Fsp3) is 0.158. The Morgan fingerprint density at radius 2 is 1.97 bits per heavy atom. The number of ether oxygens (including phenoxy) is 1. The first-order chi connectivity index (χ1) is 14.6. The first-order valence-electron chi connectivity index (χ1n) is 8.79. The number of non-ortho nitro benzene ring substituents is 1. The maximum atomic E-state index is 10.9. The summed E-state index contributed by atoms with van der Waals surface area (Å²) in [5, 5.41) is 28.1. The van der Waals surface area contributed by atoms with E-state index >= 15 is 0 Å². The van der Waals surface area contributed by atoms with E-state index in [4.69, 9.17) is 9.15 Å². The largest absolute Gasteiger partial charge is 0.496 e. The van der Waals surface area contributed by atoms with Crippen molar-refractivity contribution in [3.05, 3.63) is 64.5 Å². The van der Waals surface area contributed by atoms with Gasteiger partial charge in [0.2, 0.25) is 11.8 Å². The normalized spacial score (nSPS) is 10.9. The van der Waals surface area contributed by atoms with Gasteiger partial charge in [0.05, 0.1) is 23.3 Å². The molecule has 0 atom stereocenters. The molecule has 0 aliphatic carbocycles. The highest BCUT2D eigenvalue weighted by atomic mass is 32.2. The molecule has 0 fully saturated rings. The Kier molecular flexibility index (Phi) is 5.44. The molecule has 4 aromatic rings. The second-order valence-electron chi connectivity index (χ2n) is 6.16. The van der Waals surface area contributed by atoms with Crippen LogP contribution in [0.1, 0.15) is 5.89 Å². The average molecular weight is 424 g/mol. The summed E-state index contributed by atoms with van der Waals surface area (Å²) < 4.78 is 12.9. The van der Waals surface area contributed by atoms with Gasteiger partial charge in [-0.3, -0.25) is 10.1 Å². The Bertz CT molecular complexity index is 1210. The number of para-hydroxylation sites is 1. The van der Waals surface area contributed by atoms with Gasteiger partial charge in [-0.15, -0.1) is 20.4 Å². The molecular weight excluding hydrogens is 408 g/mol. The fourth-order valence-electron chi connectivity index (χ4n) is 2.81. The number of nitrogens with zero attached hydrogens (tertiary/aromatic N) is 6. The lowest BCUT2D eigenvalue weighted by atomic mass is 10.2.